The average Bonchev–Trinajstić information content (AvgIpc) is 2.46. The average molecular weight is 265 g/mol. The normalized spacial score (nSPS) is 12.2. The zero-order valence-electron chi connectivity index (χ0n) is 12.2. The van der Waals surface area contributed by atoms with Crippen LogP contribution < -0.4 is 10.1 Å². The number of rotatable bonds is 10. The minimum absolute atomic E-state index is 0.109. The Hall–Kier alpha value is -1.22. The first-order chi connectivity index (χ1) is 9.31. The SMILES string of the molecule is CCCCCCCC(CO)Nc1ccccc1OC. The third-order valence-corrected chi connectivity index (χ3v) is 3.34. The van der Waals surface area contributed by atoms with Gasteiger partial charge in [-0.15, -0.1) is 0 Å². The molecule has 0 aliphatic carbocycles. The predicted molar refractivity (Wildman–Crippen MR) is 80.9 cm³/mol. The number of hydrogen-bond donors (Lipinski definition) is 2. The second-order valence-corrected chi connectivity index (χ2v) is 4.93. The van der Waals surface area contributed by atoms with Gasteiger partial charge in [-0.2, -0.15) is 0 Å². The van der Waals surface area contributed by atoms with Crippen LogP contribution in [0.15, 0.2) is 24.3 Å². The van der Waals surface area contributed by atoms with Crippen molar-refractivity contribution in [1.29, 1.82) is 0 Å². The first-order valence-electron chi connectivity index (χ1n) is 7.32. The Labute approximate surface area is 117 Å². The van der Waals surface area contributed by atoms with Crippen molar-refractivity contribution >= 4 is 5.69 Å². The molecule has 0 fully saturated rings. The largest absolute Gasteiger partial charge is 0.495 e. The van der Waals surface area contributed by atoms with Crippen LogP contribution in [0.25, 0.3) is 0 Å². The molecular formula is C16H27NO2. The first kappa shape index (κ1) is 15.8. The fourth-order valence-corrected chi connectivity index (χ4v) is 2.19. The van der Waals surface area contributed by atoms with Gasteiger partial charge in [-0.1, -0.05) is 51.2 Å². The van der Waals surface area contributed by atoms with E-state index in [4.69, 9.17) is 4.74 Å². The zero-order valence-corrected chi connectivity index (χ0v) is 12.2. The Bertz CT molecular complexity index is 341. The number of methoxy groups -OCH3 is 1. The van der Waals surface area contributed by atoms with Gasteiger partial charge in [-0.05, 0) is 18.6 Å². The molecule has 19 heavy (non-hydrogen) atoms. The van der Waals surface area contributed by atoms with E-state index in [2.05, 4.69) is 12.2 Å². The molecule has 0 aliphatic rings. The van der Waals surface area contributed by atoms with E-state index in [-0.39, 0.29) is 12.6 Å². The monoisotopic (exact) mass is 265 g/mol. The summed E-state index contributed by atoms with van der Waals surface area (Å²) in [6.45, 7) is 2.38. The van der Waals surface area contributed by atoms with Gasteiger partial charge in [0.25, 0.3) is 0 Å². The Balaban J connectivity index is 2.38. The number of nitrogens with one attached hydrogen (secondary N) is 1. The molecule has 1 atom stereocenters. The smallest absolute Gasteiger partial charge is 0.141 e. The van der Waals surface area contributed by atoms with E-state index >= 15 is 0 Å². The lowest BCUT2D eigenvalue weighted by Gasteiger charge is -2.19. The molecule has 2 N–H and O–H groups in total. The summed E-state index contributed by atoms with van der Waals surface area (Å²) in [5.74, 6) is 0.826. The van der Waals surface area contributed by atoms with Crippen LogP contribution in [-0.4, -0.2) is 24.9 Å². The predicted octanol–water partition coefficient (Wildman–Crippen LogP) is 3.83. The van der Waals surface area contributed by atoms with Gasteiger partial charge in [-0.3, -0.25) is 0 Å². The van der Waals surface area contributed by atoms with Crippen LogP contribution in [0.4, 0.5) is 5.69 Å². The molecule has 0 heterocycles. The molecule has 1 unspecified atom stereocenters. The quantitative estimate of drug-likeness (QED) is 0.632. The van der Waals surface area contributed by atoms with E-state index in [1.807, 2.05) is 24.3 Å². The highest BCUT2D eigenvalue weighted by molar-refractivity contribution is 5.56. The summed E-state index contributed by atoms with van der Waals surface area (Å²) in [4.78, 5) is 0. The van der Waals surface area contributed by atoms with E-state index in [9.17, 15) is 5.11 Å². The molecule has 0 aliphatic heterocycles. The second-order valence-electron chi connectivity index (χ2n) is 4.93. The zero-order chi connectivity index (χ0) is 13.9. The number of aliphatic hydroxyl groups excluding tert-OH is 1. The molecule has 0 saturated carbocycles. The lowest BCUT2D eigenvalue weighted by molar-refractivity contribution is 0.266. The maximum Gasteiger partial charge on any atom is 0.141 e. The molecule has 0 bridgehead atoms. The number of anilines is 1. The van der Waals surface area contributed by atoms with Crippen molar-refractivity contribution in [2.45, 2.75) is 51.5 Å². The van der Waals surface area contributed by atoms with Gasteiger partial charge in [0.15, 0.2) is 0 Å². The standard InChI is InChI=1S/C16H27NO2/c1-3-4-5-6-7-10-14(13-18)17-15-11-8-9-12-16(15)19-2/h8-9,11-12,14,17-18H,3-7,10,13H2,1-2H3. The second kappa shape index (κ2) is 9.68. The highest BCUT2D eigenvalue weighted by Gasteiger charge is 2.09. The van der Waals surface area contributed by atoms with Crippen LogP contribution in [0.2, 0.25) is 0 Å². The van der Waals surface area contributed by atoms with Crippen molar-refractivity contribution < 1.29 is 9.84 Å². The summed E-state index contributed by atoms with van der Waals surface area (Å²) in [5, 5.41) is 12.8. The minimum atomic E-state index is 0.109. The van der Waals surface area contributed by atoms with E-state index in [0.29, 0.717) is 0 Å². The van der Waals surface area contributed by atoms with E-state index in [1.165, 1.54) is 25.7 Å². The van der Waals surface area contributed by atoms with Crippen LogP contribution in [0.5, 0.6) is 5.75 Å². The molecule has 1 rings (SSSR count). The molecule has 0 spiro atoms. The van der Waals surface area contributed by atoms with Gasteiger partial charge in [0.1, 0.15) is 5.75 Å². The number of aliphatic hydroxyl groups is 1. The number of benzene rings is 1. The Morgan fingerprint density at radius 1 is 1.16 bits per heavy atom. The molecular weight excluding hydrogens is 238 g/mol. The molecule has 3 nitrogen and oxygen atoms in total. The molecule has 0 saturated heterocycles. The highest BCUT2D eigenvalue weighted by atomic mass is 16.5. The van der Waals surface area contributed by atoms with Gasteiger partial charge >= 0.3 is 0 Å². The summed E-state index contributed by atoms with van der Waals surface area (Å²) in [6, 6.07) is 7.94. The number of unbranched alkanes of at least 4 members (excludes halogenated alkanes) is 4. The van der Waals surface area contributed by atoms with E-state index < -0.39 is 0 Å². The highest BCUT2D eigenvalue weighted by Crippen LogP contribution is 2.24. The molecule has 0 aromatic heterocycles. The Morgan fingerprint density at radius 2 is 1.89 bits per heavy atom. The summed E-state index contributed by atoms with van der Waals surface area (Å²) in [7, 11) is 1.67. The number of para-hydroxylation sites is 2. The fraction of sp³-hybridized carbons (Fsp3) is 0.625. The minimum Gasteiger partial charge on any atom is -0.495 e. The summed E-state index contributed by atoms with van der Waals surface area (Å²) in [6.07, 6.45) is 7.28. The van der Waals surface area contributed by atoms with Crippen molar-refractivity contribution in [3.05, 3.63) is 24.3 Å². The topological polar surface area (TPSA) is 41.5 Å². The van der Waals surface area contributed by atoms with Gasteiger partial charge < -0.3 is 15.2 Å². The molecule has 0 radical (unpaired) electrons. The number of hydrogen-bond acceptors (Lipinski definition) is 3. The number of ether oxygens (including phenoxy) is 1. The molecule has 1 aromatic carbocycles. The van der Waals surface area contributed by atoms with Crippen LogP contribution >= 0.6 is 0 Å². The van der Waals surface area contributed by atoms with Crippen molar-refractivity contribution in [3.8, 4) is 5.75 Å². The van der Waals surface area contributed by atoms with Gasteiger partial charge in [0, 0.05) is 6.04 Å². The molecule has 3 heteroatoms. The summed E-state index contributed by atoms with van der Waals surface area (Å²) in [5.41, 5.74) is 0.956. The Kier molecular flexibility index (Phi) is 8.07. The van der Waals surface area contributed by atoms with E-state index in [0.717, 1.165) is 24.3 Å². The molecule has 0 amide bonds. The van der Waals surface area contributed by atoms with Gasteiger partial charge in [-0.25, -0.2) is 0 Å². The van der Waals surface area contributed by atoms with Crippen LogP contribution in [0, 0.1) is 0 Å². The van der Waals surface area contributed by atoms with Crippen LogP contribution in [0.1, 0.15) is 45.4 Å². The van der Waals surface area contributed by atoms with Gasteiger partial charge in [0.2, 0.25) is 0 Å². The maximum atomic E-state index is 9.45. The van der Waals surface area contributed by atoms with Crippen LogP contribution in [0.3, 0.4) is 0 Å². The fourth-order valence-electron chi connectivity index (χ4n) is 2.19. The Morgan fingerprint density at radius 3 is 2.58 bits per heavy atom. The van der Waals surface area contributed by atoms with Crippen LogP contribution in [-0.2, 0) is 0 Å². The lowest BCUT2D eigenvalue weighted by Crippen LogP contribution is -2.23. The van der Waals surface area contributed by atoms with Crippen molar-refractivity contribution in [2.75, 3.05) is 19.0 Å². The maximum absolute atomic E-state index is 9.45. The van der Waals surface area contributed by atoms with Gasteiger partial charge in [0.05, 0.1) is 19.4 Å². The van der Waals surface area contributed by atoms with Crippen molar-refractivity contribution in [2.24, 2.45) is 0 Å². The molecule has 108 valence electrons. The third kappa shape index (κ3) is 5.97. The lowest BCUT2D eigenvalue weighted by atomic mass is 10.1. The third-order valence-electron chi connectivity index (χ3n) is 3.34. The van der Waals surface area contributed by atoms with Crippen molar-refractivity contribution in [1.82, 2.24) is 0 Å². The summed E-state index contributed by atoms with van der Waals surface area (Å²) >= 11 is 0. The first-order valence-corrected chi connectivity index (χ1v) is 7.32. The summed E-state index contributed by atoms with van der Waals surface area (Å²) < 4.78 is 5.30. The van der Waals surface area contributed by atoms with Crippen molar-refractivity contribution in [3.63, 3.8) is 0 Å². The molecule has 1 aromatic rings. The van der Waals surface area contributed by atoms with E-state index in [1.54, 1.807) is 7.11 Å².